The van der Waals surface area contributed by atoms with Crippen LogP contribution in [0.5, 0.6) is 0 Å². The third-order valence-electron chi connectivity index (χ3n) is 5.08. The second kappa shape index (κ2) is 6.54. The van der Waals surface area contributed by atoms with Gasteiger partial charge in [0.25, 0.3) is 0 Å². The molecule has 0 bridgehead atoms. The molecule has 1 aliphatic heterocycles. The largest absolute Gasteiger partial charge is 0.358 e. The maximum Gasteiger partial charge on any atom is 0.249 e. The molecule has 0 saturated carbocycles. The fourth-order valence-corrected chi connectivity index (χ4v) is 3.91. The van der Waals surface area contributed by atoms with Gasteiger partial charge in [-0.2, -0.15) is 5.10 Å². The van der Waals surface area contributed by atoms with Crippen molar-refractivity contribution in [3.63, 3.8) is 0 Å². The lowest BCUT2D eigenvalue weighted by Gasteiger charge is -2.34. The zero-order valence-electron chi connectivity index (χ0n) is 15.7. The number of nitrogens with one attached hydrogen (secondary N) is 1. The van der Waals surface area contributed by atoms with Crippen molar-refractivity contribution in [2.45, 2.75) is 33.7 Å². The second-order valence-electron chi connectivity index (χ2n) is 7.77. The predicted molar refractivity (Wildman–Crippen MR) is 110 cm³/mol. The van der Waals surface area contributed by atoms with Gasteiger partial charge in [0, 0.05) is 33.6 Å². The smallest absolute Gasteiger partial charge is 0.249 e. The molecule has 2 aromatic carbocycles. The first-order chi connectivity index (χ1) is 12.8. The third-order valence-corrected chi connectivity index (χ3v) is 5.31. The topological polar surface area (TPSA) is 48.5 Å². The first-order valence-electron chi connectivity index (χ1n) is 9.07. The summed E-state index contributed by atoms with van der Waals surface area (Å²) in [6.07, 6.45) is 0.595. The van der Waals surface area contributed by atoms with Gasteiger partial charge < -0.3 is 4.98 Å². The summed E-state index contributed by atoms with van der Waals surface area (Å²) in [5.74, 6) is 0.0469. The number of carbonyl (C=O) groups excluding carboxylic acids is 1. The van der Waals surface area contributed by atoms with Gasteiger partial charge in [-0.1, -0.05) is 55.8 Å². The number of halogens is 1. The highest BCUT2D eigenvalue weighted by Crippen LogP contribution is 2.35. The highest BCUT2D eigenvalue weighted by atomic mass is 35.5. The average Bonchev–Trinajstić information content (AvgIpc) is 2.94. The van der Waals surface area contributed by atoms with E-state index in [1.54, 1.807) is 5.01 Å². The van der Waals surface area contributed by atoms with E-state index in [2.05, 4.69) is 4.98 Å². The number of hydrazone groups is 1. The number of benzene rings is 2. The minimum absolute atomic E-state index is 0.0469. The molecule has 0 aliphatic carbocycles. The van der Waals surface area contributed by atoms with E-state index in [9.17, 15) is 4.79 Å². The Bertz CT molecular complexity index is 1050. The van der Waals surface area contributed by atoms with Crippen molar-refractivity contribution in [2.24, 2.45) is 10.5 Å². The Kier molecular flexibility index (Phi) is 4.31. The number of rotatable bonds is 3. The van der Waals surface area contributed by atoms with Gasteiger partial charge in [0.2, 0.25) is 5.91 Å². The van der Waals surface area contributed by atoms with E-state index in [0.29, 0.717) is 18.0 Å². The van der Waals surface area contributed by atoms with E-state index in [0.717, 1.165) is 33.4 Å². The quantitative estimate of drug-likeness (QED) is 0.660. The Morgan fingerprint density at radius 2 is 1.93 bits per heavy atom. The number of carbonyl (C=O) groups is 1. The molecule has 1 amide bonds. The molecular formula is C22H22ClN3O. The number of amides is 1. The van der Waals surface area contributed by atoms with Crippen LogP contribution in [0.4, 0.5) is 0 Å². The summed E-state index contributed by atoms with van der Waals surface area (Å²) in [5, 5.41) is 8.12. The molecule has 0 radical (unpaired) electrons. The lowest BCUT2D eigenvalue weighted by molar-refractivity contribution is -0.141. The highest BCUT2D eigenvalue weighted by molar-refractivity contribution is 6.31. The predicted octanol–water partition coefficient (Wildman–Crippen LogP) is 5.29. The zero-order valence-corrected chi connectivity index (χ0v) is 16.5. The Morgan fingerprint density at radius 1 is 1.19 bits per heavy atom. The summed E-state index contributed by atoms with van der Waals surface area (Å²) in [6, 6.07) is 15.8. The summed E-state index contributed by atoms with van der Waals surface area (Å²) in [5.41, 5.74) is 4.58. The van der Waals surface area contributed by atoms with Gasteiger partial charge in [0.05, 0.1) is 17.7 Å². The first-order valence-corrected chi connectivity index (χ1v) is 9.44. The van der Waals surface area contributed by atoms with Crippen LogP contribution in [0.25, 0.3) is 10.9 Å². The second-order valence-corrected chi connectivity index (χ2v) is 8.21. The number of fused-ring (bicyclic) bond motifs is 1. The van der Waals surface area contributed by atoms with Crippen LogP contribution in [0.3, 0.4) is 0 Å². The monoisotopic (exact) mass is 379 g/mol. The number of hydrogen-bond acceptors (Lipinski definition) is 2. The Morgan fingerprint density at radius 3 is 2.67 bits per heavy atom. The van der Waals surface area contributed by atoms with Gasteiger partial charge in [-0.3, -0.25) is 4.79 Å². The molecule has 138 valence electrons. The maximum absolute atomic E-state index is 13.0. The fourth-order valence-electron chi connectivity index (χ4n) is 3.74. The van der Waals surface area contributed by atoms with Crippen molar-refractivity contribution in [3.8, 4) is 0 Å². The van der Waals surface area contributed by atoms with Crippen molar-refractivity contribution in [1.29, 1.82) is 0 Å². The summed E-state index contributed by atoms with van der Waals surface area (Å²) in [6.45, 7) is 6.48. The molecule has 3 aromatic rings. The molecule has 0 saturated heterocycles. The molecule has 1 aliphatic rings. The van der Waals surface area contributed by atoms with Gasteiger partial charge in [-0.15, -0.1) is 0 Å². The third kappa shape index (κ3) is 3.26. The molecule has 0 atom stereocenters. The maximum atomic E-state index is 13.0. The Balaban J connectivity index is 1.82. The van der Waals surface area contributed by atoms with E-state index in [1.165, 1.54) is 0 Å². The summed E-state index contributed by atoms with van der Waals surface area (Å²) in [4.78, 5) is 16.4. The normalized spacial score (nSPS) is 16.7. The summed E-state index contributed by atoms with van der Waals surface area (Å²) in [7, 11) is 0. The Labute approximate surface area is 163 Å². The fraction of sp³-hybridized carbons (Fsp3) is 0.273. The van der Waals surface area contributed by atoms with Crippen LogP contribution < -0.4 is 0 Å². The molecule has 1 N–H and O–H groups in total. The molecule has 27 heavy (non-hydrogen) atoms. The van der Waals surface area contributed by atoms with Crippen LogP contribution in [-0.2, 0) is 11.3 Å². The van der Waals surface area contributed by atoms with Gasteiger partial charge in [-0.25, -0.2) is 5.01 Å². The van der Waals surface area contributed by atoms with E-state index in [-0.39, 0.29) is 5.91 Å². The van der Waals surface area contributed by atoms with E-state index in [1.807, 2.05) is 69.3 Å². The van der Waals surface area contributed by atoms with Crippen molar-refractivity contribution >= 4 is 34.1 Å². The number of aryl methyl sites for hydroxylation is 1. The number of aromatic nitrogens is 1. The van der Waals surface area contributed by atoms with Crippen molar-refractivity contribution in [2.75, 3.05) is 0 Å². The van der Waals surface area contributed by atoms with Gasteiger partial charge in [0.1, 0.15) is 0 Å². The van der Waals surface area contributed by atoms with Crippen LogP contribution in [0, 0.1) is 12.3 Å². The van der Waals surface area contributed by atoms with Crippen molar-refractivity contribution in [1.82, 2.24) is 9.99 Å². The number of nitrogens with zero attached hydrogens (tertiary/aromatic N) is 2. The molecule has 2 heterocycles. The van der Waals surface area contributed by atoms with Gasteiger partial charge >= 0.3 is 0 Å². The van der Waals surface area contributed by atoms with Crippen molar-refractivity contribution in [3.05, 3.63) is 70.4 Å². The standard InChI is InChI=1S/C22H22ClN3O/c1-14-20(17-11-16(23)9-10-18(17)24-14)19-12-22(2,3)21(27)26(25-19)13-15-7-5-4-6-8-15/h4-11,24H,12-13H2,1-3H3. The van der Waals surface area contributed by atoms with Crippen LogP contribution in [0.2, 0.25) is 5.02 Å². The number of aromatic amines is 1. The van der Waals surface area contributed by atoms with E-state index >= 15 is 0 Å². The highest BCUT2D eigenvalue weighted by Gasteiger charge is 2.39. The Hall–Kier alpha value is -2.59. The molecule has 0 fully saturated rings. The number of hydrogen-bond donors (Lipinski definition) is 1. The minimum Gasteiger partial charge on any atom is -0.358 e. The molecule has 5 heteroatoms. The van der Waals surface area contributed by atoms with Crippen LogP contribution in [-0.4, -0.2) is 21.6 Å². The van der Waals surface area contributed by atoms with Crippen molar-refractivity contribution < 1.29 is 4.79 Å². The number of H-pyrrole nitrogens is 1. The van der Waals surface area contributed by atoms with Gasteiger partial charge in [0.15, 0.2) is 0 Å². The molecule has 0 unspecified atom stereocenters. The molecule has 4 rings (SSSR count). The lowest BCUT2D eigenvalue weighted by atomic mass is 9.82. The molecule has 0 spiro atoms. The van der Waals surface area contributed by atoms with Crippen LogP contribution >= 0.6 is 11.6 Å². The zero-order chi connectivity index (χ0) is 19.2. The summed E-state index contributed by atoms with van der Waals surface area (Å²) < 4.78 is 0. The molecular weight excluding hydrogens is 358 g/mol. The first kappa shape index (κ1) is 17.8. The molecule has 4 nitrogen and oxygen atoms in total. The van der Waals surface area contributed by atoms with Gasteiger partial charge in [-0.05, 0) is 30.7 Å². The SMILES string of the molecule is Cc1[nH]c2ccc(Cl)cc2c1C1=NN(Cc2ccccc2)C(=O)C(C)(C)C1. The summed E-state index contributed by atoms with van der Waals surface area (Å²) >= 11 is 6.24. The minimum atomic E-state index is -0.513. The molecule has 1 aromatic heterocycles. The lowest BCUT2D eigenvalue weighted by Crippen LogP contribution is -2.43. The van der Waals surface area contributed by atoms with Crippen LogP contribution in [0.1, 0.15) is 37.1 Å². The van der Waals surface area contributed by atoms with E-state index in [4.69, 9.17) is 16.7 Å². The van der Waals surface area contributed by atoms with Crippen LogP contribution in [0.15, 0.2) is 53.6 Å². The van der Waals surface area contributed by atoms with E-state index < -0.39 is 5.41 Å². The average molecular weight is 380 g/mol.